The molecule has 0 aliphatic carbocycles. The van der Waals surface area contributed by atoms with Gasteiger partial charge < -0.3 is 10.6 Å². The van der Waals surface area contributed by atoms with E-state index < -0.39 is 0 Å². The van der Waals surface area contributed by atoms with E-state index >= 15 is 0 Å². The Morgan fingerprint density at radius 1 is 1.14 bits per heavy atom. The van der Waals surface area contributed by atoms with Gasteiger partial charge >= 0.3 is 0 Å². The lowest BCUT2D eigenvalue weighted by atomic mass is 9.96. The highest BCUT2D eigenvalue weighted by Crippen LogP contribution is 2.19. The van der Waals surface area contributed by atoms with Crippen LogP contribution >= 0.6 is 0 Å². The molecule has 2 amide bonds. The summed E-state index contributed by atoms with van der Waals surface area (Å²) in [6, 6.07) is 11.7. The van der Waals surface area contributed by atoms with E-state index in [1.807, 2.05) is 37.3 Å². The first kappa shape index (κ1) is 20.0. The number of carbonyl (C=O) groups excluding carboxylic acids is 2. The topological polar surface area (TPSA) is 74.3 Å². The second-order valence-electron chi connectivity index (χ2n) is 7.36. The molecule has 1 aromatic heterocycles. The second-order valence-corrected chi connectivity index (χ2v) is 7.36. The maximum atomic E-state index is 12.5. The average Bonchev–Trinajstić information content (AvgIpc) is 2.68. The summed E-state index contributed by atoms with van der Waals surface area (Å²) in [6.07, 6.45) is 4.13. The molecule has 0 spiro atoms. The second kappa shape index (κ2) is 9.46. The lowest BCUT2D eigenvalue weighted by molar-refractivity contribution is -0.121. The summed E-state index contributed by atoms with van der Waals surface area (Å²) >= 11 is 0. The van der Waals surface area contributed by atoms with Crippen LogP contribution in [0.25, 0.3) is 0 Å². The van der Waals surface area contributed by atoms with Crippen molar-refractivity contribution in [1.82, 2.24) is 9.88 Å². The van der Waals surface area contributed by atoms with Gasteiger partial charge in [0.25, 0.3) is 0 Å². The number of piperidine rings is 1. The third-order valence-corrected chi connectivity index (χ3v) is 5.11. The molecule has 1 saturated heterocycles. The van der Waals surface area contributed by atoms with Crippen LogP contribution in [-0.4, -0.2) is 41.3 Å². The normalized spacial score (nSPS) is 15.2. The third kappa shape index (κ3) is 5.63. The maximum absolute atomic E-state index is 12.5. The van der Waals surface area contributed by atoms with Crippen LogP contribution in [0.15, 0.2) is 42.6 Å². The van der Waals surface area contributed by atoms with Gasteiger partial charge in [0.1, 0.15) is 5.82 Å². The maximum Gasteiger partial charge on any atom is 0.238 e. The van der Waals surface area contributed by atoms with Gasteiger partial charge in [-0.1, -0.05) is 19.1 Å². The first-order valence-electron chi connectivity index (χ1n) is 9.88. The highest BCUT2D eigenvalue weighted by atomic mass is 16.2. The van der Waals surface area contributed by atoms with E-state index in [9.17, 15) is 9.59 Å². The van der Waals surface area contributed by atoms with Gasteiger partial charge in [0, 0.05) is 17.8 Å². The number of nitrogens with zero attached hydrogens (tertiary/aromatic N) is 2. The number of aryl methyl sites for hydroxylation is 2. The van der Waals surface area contributed by atoms with Gasteiger partial charge in [-0.3, -0.25) is 14.5 Å². The third-order valence-electron chi connectivity index (χ3n) is 5.11. The van der Waals surface area contributed by atoms with Crippen molar-refractivity contribution in [2.75, 3.05) is 30.3 Å². The number of hydrogen-bond donors (Lipinski definition) is 2. The highest BCUT2D eigenvalue weighted by Gasteiger charge is 2.26. The van der Waals surface area contributed by atoms with E-state index in [-0.39, 0.29) is 17.7 Å². The molecular weight excluding hydrogens is 352 g/mol. The molecule has 1 aromatic carbocycles. The van der Waals surface area contributed by atoms with Gasteiger partial charge in [0.2, 0.25) is 11.8 Å². The fourth-order valence-corrected chi connectivity index (χ4v) is 3.46. The Labute approximate surface area is 166 Å². The van der Waals surface area contributed by atoms with Gasteiger partial charge in [0.05, 0.1) is 6.54 Å². The van der Waals surface area contributed by atoms with Crippen LogP contribution in [-0.2, 0) is 16.0 Å². The smallest absolute Gasteiger partial charge is 0.238 e. The van der Waals surface area contributed by atoms with Crippen molar-refractivity contribution in [1.29, 1.82) is 0 Å². The van der Waals surface area contributed by atoms with Gasteiger partial charge in [-0.2, -0.15) is 0 Å². The van der Waals surface area contributed by atoms with Crippen LogP contribution in [0, 0.1) is 12.8 Å². The molecule has 28 heavy (non-hydrogen) atoms. The van der Waals surface area contributed by atoms with Crippen LogP contribution in [0.2, 0.25) is 0 Å². The number of amides is 2. The predicted octanol–water partition coefficient (Wildman–Crippen LogP) is 3.24. The van der Waals surface area contributed by atoms with Crippen molar-refractivity contribution in [2.45, 2.75) is 33.1 Å². The van der Waals surface area contributed by atoms with E-state index in [0.29, 0.717) is 12.4 Å². The summed E-state index contributed by atoms with van der Waals surface area (Å²) in [5, 5.41) is 5.87. The molecule has 2 heterocycles. The minimum Gasteiger partial charge on any atom is -0.325 e. The van der Waals surface area contributed by atoms with E-state index in [1.165, 1.54) is 5.56 Å². The van der Waals surface area contributed by atoms with Gasteiger partial charge in [-0.05, 0) is 74.7 Å². The van der Waals surface area contributed by atoms with Crippen molar-refractivity contribution in [3.8, 4) is 0 Å². The molecule has 0 bridgehead atoms. The lowest BCUT2D eigenvalue weighted by Gasteiger charge is -2.30. The molecule has 6 nitrogen and oxygen atoms in total. The number of aromatic nitrogens is 1. The van der Waals surface area contributed by atoms with Crippen LogP contribution in [0.1, 0.15) is 30.9 Å². The molecule has 1 fully saturated rings. The van der Waals surface area contributed by atoms with Crippen molar-refractivity contribution < 1.29 is 9.59 Å². The minimum absolute atomic E-state index is 0.0126. The number of anilines is 2. The number of pyridine rings is 1. The molecule has 1 aliphatic rings. The zero-order valence-electron chi connectivity index (χ0n) is 16.6. The van der Waals surface area contributed by atoms with E-state index in [4.69, 9.17) is 0 Å². The number of benzene rings is 1. The Kier molecular flexibility index (Phi) is 6.76. The van der Waals surface area contributed by atoms with E-state index in [1.54, 1.807) is 6.20 Å². The monoisotopic (exact) mass is 380 g/mol. The summed E-state index contributed by atoms with van der Waals surface area (Å²) in [4.78, 5) is 31.1. The molecule has 148 valence electrons. The summed E-state index contributed by atoms with van der Waals surface area (Å²) < 4.78 is 0. The number of rotatable bonds is 6. The molecule has 3 rings (SSSR count). The molecule has 0 unspecified atom stereocenters. The lowest BCUT2D eigenvalue weighted by Crippen LogP contribution is -2.41. The van der Waals surface area contributed by atoms with Crippen molar-refractivity contribution in [2.24, 2.45) is 5.92 Å². The summed E-state index contributed by atoms with van der Waals surface area (Å²) in [5.74, 6) is 0.558. The molecule has 0 radical (unpaired) electrons. The Morgan fingerprint density at radius 3 is 2.64 bits per heavy atom. The van der Waals surface area contributed by atoms with Crippen LogP contribution < -0.4 is 10.6 Å². The Hall–Kier alpha value is -2.73. The molecule has 2 N–H and O–H groups in total. The number of hydrogen-bond acceptors (Lipinski definition) is 4. The molecular formula is C22H28N4O2. The molecule has 6 heteroatoms. The minimum atomic E-state index is -0.0390. The summed E-state index contributed by atoms with van der Waals surface area (Å²) in [7, 11) is 0. The van der Waals surface area contributed by atoms with Crippen molar-refractivity contribution >= 4 is 23.3 Å². The van der Waals surface area contributed by atoms with Gasteiger partial charge in [-0.15, -0.1) is 0 Å². The highest BCUT2D eigenvalue weighted by molar-refractivity contribution is 5.93. The largest absolute Gasteiger partial charge is 0.325 e. The Balaban J connectivity index is 1.44. The fourth-order valence-electron chi connectivity index (χ4n) is 3.46. The Bertz CT molecular complexity index is 829. The van der Waals surface area contributed by atoms with Crippen LogP contribution in [0.4, 0.5) is 11.5 Å². The summed E-state index contributed by atoms with van der Waals surface area (Å²) in [5.41, 5.74) is 3.10. The van der Waals surface area contributed by atoms with Gasteiger partial charge in [-0.25, -0.2) is 4.98 Å². The fraction of sp³-hybridized carbons (Fsp3) is 0.409. The SMILES string of the molecule is CCc1cccc(NC(=O)CN2CCC(C(=O)Nc3cc(C)ccn3)CC2)c1. The average molecular weight is 380 g/mol. The zero-order chi connectivity index (χ0) is 19.9. The quantitative estimate of drug-likeness (QED) is 0.807. The number of nitrogens with one attached hydrogen (secondary N) is 2. The Morgan fingerprint density at radius 2 is 1.93 bits per heavy atom. The molecule has 1 aliphatic heterocycles. The predicted molar refractivity (Wildman–Crippen MR) is 111 cm³/mol. The van der Waals surface area contributed by atoms with E-state index in [0.717, 1.165) is 43.6 Å². The van der Waals surface area contributed by atoms with E-state index in [2.05, 4.69) is 33.5 Å². The first-order valence-corrected chi connectivity index (χ1v) is 9.88. The first-order chi connectivity index (χ1) is 13.5. The van der Waals surface area contributed by atoms with Crippen LogP contribution in [0.5, 0.6) is 0 Å². The molecule has 0 saturated carbocycles. The standard InChI is InChI=1S/C22H28N4O2/c1-3-17-5-4-6-19(14-17)24-21(27)15-26-11-8-18(9-12-26)22(28)25-20-13-16(2)7-10-23-20/h4-7,10,13-14,18H,3,8-9,11-12,15H2,1-2H3,(H,24,27)(H,23,25,28). The van der Waals surface area contributed by atoms with Gasteiger partial charge in [0.15, 0.2) is 0 Å². The number of likely N-dealkylation sites (tertiary alicyclic amines) is 1. The molecule has 0 atom stereocenters. The van der Waals surface area contributed by atoms with Crippen molar-refractivity contribution in [3.63, 3.8) is 0 Å². The zero-order valence-corrected chi connectivity index (χ0v) is 16.6. The van der Waals surface area contributed by atoms with Crippen LogP contribution in [0.3, 0.4) is 0 Å². The number of carbonyl (C=O) groups is 2. The summed E-state index contributed by atoms with van der Waals surface area (Å²) in [6.45, 7) is 5.89. The molecule has 2 aromatic rings. The van der Waals surface area contributed by atoms with Crippen molar-refractivity contribution in [3.05, 3.63) is 53.7 Å².